The van der Waals surface area contributed by atoms with Gasteiger partial charge in [0.05, 0.1) is 17.3 Å². The Bertz CT molecular complexity index is 1350. The van der Waals surface area contributed by atoms with Crippen molar-refractivity contribution >= 4 is 61.1 Å². The van der Waals surface area contributed by atoms with Crippen LogP contribution in [0.3, 0.4) is 0 Å². The first-order chi connectivity index (χ1) is 16.5. The lowest BCUT2D eigenvalue weighted by Crippen LogP contribution is -2.25. The van der Waals surface area contributed by atoms with Crippen LogP contribution in [-0.2, 0) is 15.3 Å². The zero-order chi connectivity index (χ0) is 23.7. The third kappa shape index (κ3) is 4.68. The van der Waals surface area contributed by atoms with Gasteiger partial charge in [-0.2, -0.15) is 5.01 Å². The molecule has 0 spiro atoms. The van der Waals surface area contributed by atoms with Gasteiger partial charge in [-0.25, -0.2) is 4.98 Å². The van der Waals surface area contributed by atoms with E-state index in [1.165, 1.54) is 16.6 Å². The average Bonchev–Trinajstić information content (AvgIpc) is 3.48. The summed E-state index contributed by atoms with van der Waals surface area (Å²) >= 11 is 6.77. The summed E-state index contributed by atoms with van der Waals surface area (Å²) in [6.45, 7) is 1.48. The highest BCUT2D eigenvalue weighted by Gasteiger charge is 2.33. The summed E-state index contributed by atoms with van der Waals surface area (Å²) < 4.78 is 14.9. The number of para-hydroxylation sites is 1. The van der Waals surface area contributed by atoms with Crippen molar-refractivity contribution in [2.75, 3.05) is 7.11 Å². The number of nitrogens with zero attached hydrogens (tertiary/aromatic N) is 3. The molecular formula is C25H20BrN3O3S2. The van der Waals surface area contributed by atoms with Crippen molar-refractivity contribution in [1.82, 2.24) is 9.99 Å². The first-order valence-corrected chi connectivity index (χ1v) is 13.1. The van der Waals surface area contributed by atoms with E-state index in [4.69, 9.17) is 14.5 Å². The van der Waals surface area contributed by atoms with Gasteiger partial charge in [-0.15, -0.1) is 16.4 Å². The number of rotatable bonds is 6. The lowest BCUT2D eigenvalue weighted by molar-refractivity contribution is -0.135. The highest BCUT2D eigenvalue weighted by molar-refractivity contribution is 9.10. The first kappa shape index (κ1) is 22.9. The van der Waals surface area contributed by atoms with Gasteiger partial charge < -0.3 is 9.47 Å². The Labute approximate surface area is 213 Å². The number of aromatic nitrogens is 1. The maximum Gasteiger partial charge on any atom is 0.243 e. The molecule has 1 aliphatic rings. The van der Waals surface area contributed by atoms with Crippen LogP contribution in [0.1, 0.15) is 29.8 Å². The van der Waals surface area contributed by atoms with E-state index < -0.39 is 6.23 Å². The van der Waals surface area contributed by atoms with Gasteiger partial charge in [-0.3, -0.25) is 4.79 Å². The summed E-state index contributed by atoms with van der Waals surface area (Å²) in [5.41, 5.74) is 3.63. The van der Waals surface area contributed by atoms with Crippen LogP contribution in [0.15, 0.2) is 80.6 Å². The molecule has 5 rings (SSSR count). The predicted octanol–water partition coefficient (Wildman–Crippen LogP) is 6.60. The van der Waals surface area contributed by atoms with Crippen LogP contribution in [0.2, 0.25) is 0 Å². The van der Waals surface area contributed by atoms with Gasteiger partial charge in [0.1, 0.15) is 5.75 Å². The van der Waals surface area contributed by atoms with Gasteiger partial charge in [0.2, 0.25) is 18.0 Å². The Kier molecular flexibility index (Phi) is 6.58. The number of methoxy groups -OCH3 is 1. The normalized spacial score (nSPS) is 15.3. The number of carbonyl (C=O) groups excluding carboxylic acids is 1. The molecule has 0 aliphatic carbocycles. The second-order valence-electron chi connectivity index (χ2n) is 7.55. The smallest absolute Gasteiger partial charge is 0.243 e. The molecule has 9 heteroatoms. The maximum atomic E-state index is 12.4. The number of hydrogen-bond acceptors (Lipinski definition) is 7. The van der Waals surface area contributed by atoms with Crippen molar-refractivity contribution < 1.29 is 14.3 Å². The molecule has 1 atom stereocenters. The van der Waals surface area contributed by atoms with Crippen molar-refractivity contribution in [3.05, 3.63) is 87.9 Å². The topological polar surface area (TPSA) is 64.0 Å². The van der Waals surface area contributed by atoms with Crippen LogP contribution >= 0.6 is 39.0 Å². The van der Waals surface area contributed by atoms with E-state index in [2.05, 4.69) is 27.1 Å². The minimum Gasteiger partial charge on any atom is -0.496 e. The maximum absolute atomic E-state index is 12.4. The van der Waals surface area contributed by atoms with Gasteiger partial charge in [0, 0.05) is 33.8 Å². The van der Waals surface area contributed by atoms with Crippen molar-refractivity contribution in [3.8, 4) is 5.75 Å². The molecule has 34 heavy (non-hydrogen) atoms. The number of hydrogen-bond donors (Lipinski definition) is 0. The Hall–Kier alpha value is -2.88. The fourth-order valence-electron chi connectivity index (χ4n) is 3.61. The number of thiazole rings is 1. The first-order valence-electron chi connectivity index (χ1n) is 10.5. The molecule has 6 nitrogen and oxygen atoms in total. The molecule has 0 saturated carbocycles. The molecule has 2 heterocycles. The molecule has 0 unspecified atom stereocenters. The van der Waals surface area contributed by atoms with E-state index in [1.54, 1.807) is 30.2 Å². The Morgan fingerprint density at radius 2 is 1.97 bits per heavy atom. The van der Waals surface area contributed by atoms with Crippen LogP contribution in [0.25, 0.3) is 10.2 Å². The van der Waals surface area contributed by atoms with Crippen molar-refractivity contribution in [1.29, 1.82) is 0 Å². The Balaban J connectivity index is 1.40. The second-order valence-corrected chi connectivity index (χ2v) is 10.7. The van der Waals surface area contributed by atoms with E-state index in [1.807, 2.05) is 60.7 Å². The van der Waals surface area contributed by atoms with Crippen LogP contribution in [-0.4, -0.2) is 28.9 Å². The van der Waals surface area contributed by atoms with Crippen molar-refractivity contribution in [3.63, 3.8) is 0 Å². The summed E-state index contributed by atoms with van der Waals surface area (Å²) in [5, 5.41) is 5.83. The second kappa shape index (κ2) is 9.77. The van der Waals surface area contributed by atoms with E-state index in [0.717, 1.165) is 36.8 Å². The summed E-state index contributed by atoms with van der Waals surface area (Å²) in [4.78, 5) is 17.1. The third-order valence-corrected chi connectivity index (χ3v) is 8.03. The Morgan fingerprint density at radius 3 is 2.71 bits per heavy atom. The predicted molar refractivity (Wildman–Crippen MR) is 139 cm³/mol. The van der Waals surface area contributed by atoms with Crippen molar-refractivity contribution in [2.24, 2.45) is 5.10 Å². The summed E-state index contributed by atoms with van der Waals surface area (Å²) in [6.07, 6.45) is -0.645. The van der Waals surface area contributed by atoms with Gasteiger partial charge in [0.15, 0.2) is 4.34 Å². The molecule has 0 N–H and O–H groups in total. The third-order valence-electron chi connectivity index (χ3n) is 5.27. The lowest BCUT2D eigenvalue weighted by atomic mass is 10.1. The summed E-state index contributed by atoms with van der Waals surface area (Å²) in [6, 6.07) is 21.6. The van der Waals surface area contributed by atoms with Gasteiger partial charge in [-0.1, -0.05) is 39.8 Å². The van der Waals surface area contributed by atoms with Gasteiger partial charge >= 0.3 is 0 Å². The highest BCUT2D eigenvalue weighted by Crippen LogP contribution is 2.37. The van der Waals surface area contributed by atoms with Crippen LogP contribution in [0.4, 0.5) is 0 Å². The fourth-order valence-corrected chi connectivity index (χ4v) is 5.92. The largest absolute Gasteiger partial charge is 0.496 e. The number of benzene rings is 3. The van der Waals surface area contributed by atoms with E-state index in [0.29, 0.717) is 11.7 Å². The molecule has 1 aliphatic heterocycles. The fraction of sp³-hybridized carbons (Fsp3) is 0.160. The zero-order valence-corrected chi connectivity index (χ0v) is 21.6. The van der Waals surface area contributed by atoms with Gasteiger partial charge in [0.25, 0.3) is 0 Å². The monoisotopic (exact) mass is 553 g/mol. The summed E-state index contributed by atoms with van der Waals surface area (Å²) in [7, 11) is 1.66. The van der Waals surface area contributed by atoms with Crippen LogP contribution < -0.4 is 4.74 Å². The molecular weight excluding hydrogens is 534 g/mol. The molecule has 3 aromatic carbocycles. The Morgan fingerprint density at radius 1 is 1.18 bits per heavy atom. The summed E-state index contributed by atoms with van der Waals surface area (Å²) in [5.74, 6) is 1.66. The minimum absolute atomic E-state index is 0.196. The number of thioether (sulfide) groups is 1. The SMILES string of the molecule is COc1ccc([C@H]2OC(c3ccc(Br)cc3)=NN2C(C)=O)cc1CSc1nc2ccccc2s1. The zero-order valence-electron chi connectivity index (χ0n) is 18.4. The number of ether oxygens (including phenoxy) is 2. The van der Waals surface area contributed by atoms with E-state index in [9.17, 15) is 4.79 Å². The number of amides is 1. The lowest BCUT2D eigenvalue weighted by Gasteiger charge is -2.20. The average molecular weight is 554 g/mol. The number of halogens is 1. The minimum atomic E-state index is -0.645. The van der Waals surface area contributed by atoms with Crippen molar-refractivity contribution in [2.45, 2.75) is 23.2 Å². The quantitative estimate of drug-likeness (QED) is 0.252. The number of fused-ring (bicyclic) bond motifs is 1. The standard InChI is InChI=1S/C25H20BrN3O3S2/c1-15(30)29-24(32-23(28-29)16-7-10-19(26)11-8-16)17-9-12-21(31-2)18(13-17)14-33-25-27-20-5-3-4-6-22(20)34-25/h3-13,24H,14H2,1-2H3/t24-/m1/s1. The molecule has 1 aromatic heterocycles. The van der Waals surface area contributed by atoms with E-state index >= 15 is 0 Å². The highest BCUT2D eigenvalue weighted by atomic mass is 79.9. The molecule has 0 saturated heterocycles. The van der Waals surface area contributed by atoms with Crippen LogP contribution in [0.5, 0.6) is 5.75 Å². The number of carbonyl (C=O) groups is 1. The molecule has 0 bridgehead atoms. The molecule has 172 valence electrons. The van der Waals surface area contributed by atoms with E-state index in [-0.39, 0.29) is 5.91 Å². The van der Waals surface area contributed by atoms with Crippen LogP contribution in [0, 0.1) is 0 Å². The molecule has 1 amide bonds. The molecule has 0 fully saturated rings. The van der Waals surface area contributed by atoms with Gasteiger partial charge in [-0.05, 0) is 54.6 Å². The number of hydrazone groups is 1. The molecule has 0 radical (unpaired) electrons. The molecule has 4 aromatic rings.